The zero-order chi connectivity index (χ0) is 19.4. The first kappa shape index (κ1) is 16.8. The quantitative estimate of drug-likeness (QED) is 0.582. The number of nitrogen functional groups attached to an aromatic ring is 1. The third kappa shape index (κ3) is 2.39. The molecule has 5 rings (SSSR count). The first-order chi connectivity index (χ1) is 13.5. The van der Waals surface area contributed by atoms with Crippen molar-refractivity contribution in [2.24, 2.45) is 7.05 Å². The van der Waals surface area contributed by atoms with Crippen LogP contribution < -0.4 is 11.4 Å². The highest BCUT2D eigenvalue weighted by Crippen LogP contribution is 2.38. The molecule has 0 spiro atoms. The molecule has 6 nitrogen and oxygen atoms in total. The van der Waals surface area contributed by atoms with Crippen LogP contribution in [0.3, 0.4) is 0 Å². The number of rotatable bonds is 3. The topological polar surface area (TPSA) is 79.0 Å². The van der Waals surface area contributed by atoms with Gasteiger partial charge in [-0.2, -0.15) is 0 Å². The normalized spacial score (nSPS) is 14.5. The Balaban J connectivity index is 1.69. The first-order valence-electron chi connectivity index (χ1n) is 9.27. The maximum absolute atomic E-state index is 13.3. The van der Waals surface area contributed by atoms with Gasteiger partial charge in [0.15, 0.2) is 0 Å². The van der Waals surface area contributed by atoms with Crippen LogP contribution in [0.15, 0.2) is 51.8 Å². The predicted molar refractivity (Wildman–Crippen MR) is 105 cm³/mol. The molecule has 0 unspecified atom stereocenters. The number of nitrogens with zero attached hydrogens (tertiary/aromatic N) is 3. The largest absolute Gasteiger partial charge is 0.367 e. The molecule has 2 aromatic carbocycles. The maximum atomic E-state index is 13.3. The average Bonchev–Trinajstić information content (AvgIpc) is 3.15. The lowest BCUT2D eigenvalue weighted by Gasteiger charge is -2.26. The fourth-order valence-electron chi connectivity index (χ4n) is 3.90. The highest BCUT2D eigenvalue weighted by Gasteiger charge is 2.25. The molecule has 2 aromatic heterocycles. The van der Waals surface area contributed by atoms with Crippen molar-refractivity contribution >= 4 is 16.9 Å². The molecule has 28 heavy (non-hydrogen) atoms. The van der Waals surface area contributed by atoms with Gasteiger partial charge in [0.05, 0.1) is 16.6 Å². The van der Waals surface area contributed by atoms with Crippen molar-refractivity contribution in [3.05, 3.63) is 58.8 Å². The van der Waals surface area contributed by atoms with E-state index >= 15 is 0 Å². The number of imidazole rings is 1. The Labute approximate surface area is 160 Å². The van der Waals surface area contributed by atoms with Crippen LogP contribution in [0.1, 0.15) is 25.3 Å². The molecule has 142 valence electrons. The number of hydrogen-bond acceptors (Lipinski definition) is 4. The van der Waals surface area contributed by atoms with Crippen molar-refractivity contribution < 1.29 is 8.91 Å². The fourth-order valence-corrected chi connectivity index (χ4v) is 3.90. The third-order valence-corrected chi connectivity index (χ3v) is 5.65. The maximum Gasteiger partial charge on any atom is 0.329 e. The summed E-state index contributed by atoms with van der Waals surface area (Å²) in [6.07, 6.45) is 3.23. The first-order valence-corrected chi connectivity index (χ1v) is 9.27. The van der Waals surface area contributed by atoms with Crippen LogP contribution >= 0.6 is 0 Å². The number of aromatic nitrogens is 3. The van der Waals surface area contributed by atoms with Crippen molar-refractivity contribution in [3.63, 3.8) is 0 Å². The Bertz CT molecular complexity index is 1250. The van der Waals surface area contributed by atoms with Crippen LogP contribution in [0, 0.1) is 5.82 Å². The average molecular weight is 378 g/mol. The number of hydrogen-bond donors (Lipinski definition) is 1. The minimum Gasteiger partial charge on any atom is -0.367 e. The number of anilines is 1. The molecular formula is C21H19FN4O2. The Morgan fingerprint density at radius 1 is 1.11 bits per heavy atom. The fraction of sp³-hybridized carbons (Fsp3) is 0.238. The van der Waals surface area contributed by atoms with Gasteiger partial charge in [0.25, 0.3) is 0 Å². The van der Waals surface area contributed by atoms with E-state index in [1.165, 1.54) is 12.1 Å². The summed E-state index contributed by atoms with van der Waals surface area (Å²) in [5.41, 5.74) is 10.5. The minimum atomic E-state index is -0.324. The van der Waals surface area contributed by atoms with E-state index in [1.54, 1.807) is 23.7 Å². The van der Waals surface area contributed by atoms with Gasteiger partial charge < -0.3 is 10.3 Å². The monoisotopic (exact) mass is 378 g/mol. The third-order valence-electron chi connectivity index (χ3n) is 5.65. The molecule has 4 aromatic rings. The van der Waals surface area contributed by atoms with E-state index in [0.29, 0.717) is 16.8 Å². The molecule has 1 aliphatic carbocycles. The lowest BCUT2D eigenvalue weighted by Crippen LogP contribution is -2.29. The van der Waals surface area contributed by atoms with E-state index in [-0.39, 0.29) is 23.4 Å². The van der Waals surface area contributed by atoms with Crippen LogP contribution in [0.25, 0.3) is 33.4 Å². The van der Waals surface area contributed by atoms with E-state index < -0.39 is 0 Å². The van der Waals surface area contributed by atoms with Crippen molar-refractivity contribution in [2.45, 2.75) is 25.3 Å². The second-order valence-corrected chi connectivity index (χ2v) is 7.28. The summed E-state index contributed by atoms with van der Waals surface area (Å²) >= 11 is 0. The zero-order valence-corrected chi connectivity index (χ0v) is 15.4. The molecule has 2 heterocycles. The molecule has 7 heteroatoms. The van der Waals surface area contributed by atoms with Crippen molar-refractivity contribution in [2.75, 3.05) is 5.73 Å². The Kier molecular flexibility index (Phi) is 3.65. The number of halogens is 1. The van der Waals surface area contributed by atoms with E-state index in [9.17, 15) is 9.18 Å². The minimum absolute atomic E-state index is 0.00565. The van der Waals surface area contributed by atoms with Crippen molar-refractivity contribution in [1.82, 2.24) is 14.3 Å². The second kappa shape index (κ2) is 6.09. The van der Waals surface area contributed by atoms with Crippen LogP contribution in [-0.2, 0) is 7.05 Å². The van der Waals surface area contributed by atoms with Gasteiger partial charge in [0.1, 0.15) is 11.5 Å². The van der Waals surface area contributed by atoms with Gasteiger partial charge >= 0.3 is 5.69 Å². The molecule has 2 N–H and O–H groups in total. The highest BCUT2D eigenvalue weighted by molar-refractivity contribution is 5.91. The smallest absolute Gasteiger partial charge is 0.329 e. The number of benzene rings is 2. The van der Waals surface area contributed by atoms with E-state index in [1.807, 2.05) is 22.8 Å². The lowest BCUT2D eigenvalue weighted by molar-refractivity contribution is 0.312. The Morgan fingerprint density at radius 3 is 2.50 bits per heavy atom. The molecule has 0 saturated heterocycles. The molecule has 0 bridgehead atoms. The lowest BCUT2D eigenvalue weighted by atomic mass is 9.92. The summed E-state index contributed by atoms with van der Waals surface area (Å²) in [5, 5.41) is 4.07. The SMILES string of the molecule is Cn1c(=O)n(C2CCC2)c2ccc(-c3c(-c4ccc(F)cc4)noc3N)cc21. The summed E-state index contributed by atoms with van der Waals surface area (Å²) < 4.78 is 22.1. The van der Waals surface area contributed by atoms with Crippen molar-refractivity contribution in [1.29, 1.82) is 0 Å². The predicted octanol–water partition coefficient (Wildman–Crippen LogP) is 4.11. The summed E-state index contributed by atoms with van der Waals surface area (Å²) in [5.74, 6) is -0.141. The van der Waals surface area contributed by atoms with Gasteiger partial charge in [-0.05, 0) is 61.2 Å². The molecule has 0 atom stereocenters. The molecule has 0 aliphatic heterocycles. The highest BCUT2D eigenvalue weighted by atomic mass is 19.1. The standard InChI is InChI=1S/C21H19FN4O2/c1-25-17-11-13(7-10-16(17)26(21(25)27)15-3-2-4-15)18-19(24-28-20(18)23)12-5-8-14(22)9-6-12/h5-11,15H,2-4,23H2,1H3. The molecule has 0 radical (unpaired) electrons. The number of fused-ring (bicyclic) bond motifs is 1. The molecule has 1 aliphatic rings. The van der Waals surface area contributed by atoms with Crippen LogP contribution in [-0.4, -0.2) is 14.3 Å². The van der Waals surface area contributed by atoms with E-state index in [4.69, 9.17) is 10.3 Å². The summed E-state index contributed by atoms with van der Waals surface area (Å²) in [4.78, 5) is 12.7. The van der Waals surface area contributed by atoms with Crippen LogP contribution in [0.2, 0.25) is 0 Å². The number of nitrogens with two attached hydrogens (primary N) is 1. The Morgan fingerprint density at radius 2 is 1.82 bits per heavy atom. The van der Waals surface area contributed by atoms with Gasteiger partial charge in [-0.25, -0.2) is 9.18 Å². The molecular weight excluding hydrogens is 359 g/mol. The second-order valence-electron chi connectivity index (χ2n) is 7.28. The van der Waals surface area contributed by atoms with Gasteiger partial charge in [0.2, 0.25) is 5.88 Å². The Hall–Kier alpha value is -3.35. The molecule has 1 fully saturated rings. The zero-order valence-electron chi connectivity index (χ0n) is 15.4. The van der Waals surface area contributed by atoms with Gasteiger partial charge in [0, 0.05) is 18.7 Å². The number of aryl methyl sites for hydroxylation is 1. The molecule has 1 saturated carbocycles. The van der Waals surface area contributed by atoms with Crippen molar-refractivity contribution in [3.8, 4) is 22.4 Å². The van der Waals surface area contributed by atoms with E-state index in [0.717, 1.165) is 35.9 Å². The van der Waals surface area contributed by atoms with Gasteiger partial charge in [-0.3, -0.25) is 9.13 Å². The summed E-state index contributed by atoms with van der Waals surface area (Å²) in [6, 6.07) is 12.1. The van der Waals surface area contributed by atoms with Crippen LogP contribution in [0.5, 0.6) is 0 Å². The van der Waals surface area contributed by atoms with Crippen LogP contribution in [0.4, 0.5) is 10.3 Å². The van der Waals surface area contributed by atoms with E-state index in [2.05, 4.69) is 5.16 Å². The van der Waals surface area contributed by atoms with Gasteiger partial charge in [-0.1, -0.05) is 11.2 Å². The molecule has 0 amide bonds. The summed E-state index contributed by atoms with van der Waals surface area (Å²) in [6.45, 7) is 0. The summed E-state index contributed by atoms with van der Waals surface area (Å²) in [7, 11) is 1.78. The van der Waals surface area contributed by atoms with Gasteiger partial charge in [-0.15, -0.1) is 0 Å².